The molecule has 0 atom stereocenters. The van der Waals surface area contributed by atoms with E-state index >= 15 is 0 Å². The van der Waals surface area contributed by atoms with Crippen LogP contribution < -0.4 is 4.57 Å². The van der Waals surface area contributed by atoms with E-state index < -0.39 is 0 Å². The van der Waals surface area contributed by atoms with Crippen LogP contribution in [-0.4, -0.2) is 9.97 Å². The van der Waals surface area contributed by atoms with Crippen LogP contribution in [0.25, 0.3) is 50.6 Å². The molecule has 0 bridgehead atoms. The van der Waals surface area contributed by atoms with Crippen LogP contribution in [0.1, 0.15) is 0 Å². The average Bonchev–Trinajstić information content (AvgIpc) is 3.33. The van der Waals surface area contributed by atoms with Crippen molar-refractivity contribution in [2.45, 2.75) is 0 Å². The highest BCUT2D eigenvalue weighted by Crippen LogP contribution is 2.30. The first-order valence-electron chi connectivity index (χ1n) is 11.1. The standard InChI is InChI=1S/C30H22N3/c1-4-12-22(13-5-1)25-20-28(23-14-6-2-7-15-23)33(29(21-25)24-16-8-3-9-17-24)30-31-26-18-10-11-19-27(26)32-30/h1-21H,(H,31,32)/q+1. The van der Waals surface area contributed by atoms with Gasteiger partial charge in [-0.3, -0.25) is 0 Å². The normalized spacial score (nSPS) is 11.0. The molecule has 6 rings (SSSR count). The molecule has 3 heteroatoms. The van der Waals surface area contributed by atoms with E-state index in [1.54, 1.807) is 0 Å². The topological polar surface area (TPSA) is 32.6 Å². The molecule has 2 heterocycles. The van der Waals surface area contributed by atoms with Gasteiger partial charge in [0.1, 0.15) is 16.9 Å². The third kappa shape index (κ3) is 3.60. The minimum Gasteiger partial charge on any atom is -0.238 e. The van der Waals surface area contributed by atoms with Crippen LogP contribution in [0, 0.1) is 0 Å². The summed E-state index contributed by atoms with van der Waals surface area (Å²) in [7, 11) is 0. The fraction of sp³-hybridized carbons (Fsp3) is 0. The van der Waals surface area contributed by atoms with Gasteiger partial charge < -0.3 is 0 Å². The summed E-state index contributed by atoms with van der Waals surface area (Å²) in [5.74, 6) is 0.800. The number of aromatic amines is 1. The minimum atomic E-state index is 0.800. The van der Waals surface area contributed by atoms with Gasteiger partial charge in [0.25, 0.3) is 0 Å². The Balaban J connectivity index is 1.72. The summed E-state index contributed by atoms with van der Waals surface area (Å²) in [6.07, 6.45) is 0. The van der Waals surface area contributed by atoms with Crippen LogP contribution in [0.3, 0.4) is 0 Å². The zero-order valence-corrected chi connectivity index (χ0v) is 18.0. The van der Waals surface area contributed by atoms with E-state index in [-0.39, 0.29) is 0 Å². The Labute approximate surface area is 192 Å². The second-order valence-electron chi connectivity index (χ2n) is 8.03. The van der Waals surface area contributed by atoms with Crippen LogP contribution >= 0.6 is 0 Å². The maximum atomic E-state index is 4.97. The smallest absolute Gasteiger partial charge is 0.238 e. The zero-order valence-electron chi connectivity index (χ0n) is 18.0. The third-order valence-corrected chi connectivity index (χ3v) is 5.90. The number of aromatic nitrogens is 3. The Kier molecular flexibility index (Phi) is 4.78. The predicted octanol–water partition coefficient (Wildman–Crippen LogP) is 6.84. The number of rotatable bonds is 4. The van der Waals surface area contributed by atoms with E-state index in [2.05, 4.69) is 107 Å². The molecular weight excluding hydrogens is 402 g/mol. The van der Waals surface area contributed by atoms with Crippen molar-refractivity contribution in [3.8, 4) is 39.6 Å². The molecule has 1 N–H and O–H groups in total. The first-order chi connectivity index (χ1) is 16.4. The van der Waals surface area contributed by atoms with Gasteiger partial charge in [0, 0.05) is 11.1 Å². The van der Waals surface area contributed by atoms with Crippen molar-refractivity contribution >= 4 is 11.0 Å². The van der Waals surface area contributed by atoms with Gasteiger partial charge in [-0.2, -0.15) is 4.57 Å². The average molecular weight is 425 g/mol. The molecule has 0 aliphatic heterocycles. The van der Waals surface area contributed by atoms with Gasteiger partial charge in [-0.05, 0) is 35.4 Å². The third-order valence-electron chi connectivity index (χ3n) is 5.90. The van der Waals surface area contributed by atoms with E-state index in [9.17, 15) is 0 Å². The van der Waals surface area contributed by atoms with Crippen molar-refractivity contribution in [1.29, 1.82) is 0 Å². The largest absolute Gasteiger partial charge is 0.402 e. The Hall–Kier alpha value is -4.50. The lowest BCUT2D eigenvalue weighted by Gasteiger charge is -2.15. The second kappa shape index (κ2) is 8.21. The van der Waals surface area contributed by atoms with Gasteiger partial charge in [0.15, 0.2) is 5.52 Å². The van der Waals surface area contributed by atoms with Crippen molar-refractivity contribution in [2.75, 3.05) is 0 Å². The molecule has 0 fully saturated rings. The Morgan fingerprint density at radius 1 is 0.485 bits per heavy atom. The maximum absolute atomic E-state index is 4.97. The van der Waals surface area contributed by atoms with Gasteiger partial charge in [-0.25, -0.2) is 4.98 Å². The van der Waals surface area contributed by atoms with Crippen LogP contribution in [0.5, 0.6) is 0 Å². The Morgan fingerprint density at radius 2 is 0.970 bits per heavy atom. The first kappa shape index (κ1) is 19.2. The molecule has 0 spiro atoms. The van der Waals surface area contributed by atoms with Gasteiger partial charge in [0.2, 0.25) is 0 Å². The molecule has 0 amide bonds. The predicted molar refractivity (Wildman–Crippen MR) is 134 cm³/mol. The molecule has 33 heavy (non-hydrogen) atoms. The van der Waals surface area contributed by atoms with E-state index in [0.29, 0.717) is 0 Å². The molecule has 156 valence electrons. The lowest BCUT2D eigenvalue weighted by molar-refractivity contribution is -0.579. The molecule has 0 aliphatic carbocycles. The van der Waals surface area contributed by atoms with Crippen LogP contribution in [-0.2, 0) is 0 Å². The molecular formula is C30H22N3+. The summed E-state index contributed by atoms with van der Waals surface area (Å²) in [5, 5.41) is 0. The minimum absolute atomic E-state index is 0.800. The molecule has 4 aromatic carbocycles. The number of benzene rings is 4. The highest BCUT2D eigenvalue weighted by molar-refractivity contribution is 5.77. The van der Waals surface area contributed by atoms with Crippen molar-refractivity contribution in [1.82, 2.24) is 9.97 Å². The van der Waals surface area contributed by atoms with E-state index in [1.165, 1.54) is 11.1 Å². The summed E-state index contributed by atoms with van der Waals surface area (Å²) in [6.45, 7) is 0. The summed E-state index contributed by atoms with van der Waals surface area (Å²) in [6, 6.07) is 44.2. The van der Waals surface area contributed by atoms with Gasteiger partial charge in [0.05, 0.1) is 0 Å². The monoisotopic (exact) mass is 424 g/mol. The maximum Gasteiger partial charge on any atom is 0.402 e. The number of hydrogen-bond donors (Lipinski definition) is 1. The molecule has 0 saturated heterocycles. The molecule has 6 aromatic rings. The lowest BCUT2D eigenvalue weighted by Crippen LogP contribution is -2.37. The molecule has 0 aliphatic rings. The Bertz CT molecular complexity index is 1440. The highest BCUT2D eigenvalue weighted by Gasteiger charge is 2.24. The number of fused-ring (bicyclic) bond motifs is 1. The van der Waals surface area contributed by atoms with Crippen molar-refractivity contribution in [3.63, 3.8) is 0 Å². The number of hydrogen-bond acceptors (Lipinski definition) is 1. The molecule has 3 nitrogen and oxygen atoms in total. The first-order valence-corrected chi connectivity index (χ1v) is 11.1. The number of nitrogens with one attached hydrogen (secondary N) is 1. The van der Waals surface area contributed by atoms with Crippen LogP contribution in [0.4, 0.5) is 0 Å². The van der Waals surface area contributed by atoms with E-state index in [4.69, 9.17) is 4.98 Å². The molecule has 0 saturated carbocycles. The van der Waals surface area contributed by atoms with E-state index in [0.717, 1.165) is 39.5 Å². The van der Waals surface area contributed by atoms with Crippen LogP contribution in [0.15, 0.2) is 127 Å². The molecule has 2 aromatic heterocycles. The molecule has 0 unspecified atom stereocenters. The number of imidazole rings is 1. The zero-order chi connectivity index (χ0) is 22.0. The van der Waals surface area contributed by atoms with Gasteiger partial charge in [-0.15, -0.1) is 0 Å². The Morgan fingerprint density at radius 3 is 1.52 bits per heavy atom. The lowest BCUT2D eigenvalue weighted by atomic mass is 9.99. The van der Waals surface area contributed by atoms with Crippen LogP contribution in [0.2, 0.25) is 0 Å². The summed E-state index contributed by atoms with van der Waals surface area (Å²) in [4.78, 5) is 8.51. The summed E-state index contributed by atoms with van der Waals surface area (Å²) >= 11 is 0. The fourth-order valence-corrected chi connectivity index (χ4v) is 4.31. The number of pyridine rings is 1. The van der Waals surface area contributed by atoms with Crippen molar-refractivity contribution in [2.24, 2.45) is 0 Å². The SMILES string of the molecule is c1ccc(-c2cc(-c3ccccc3)[n+](-c3nc4ccccc4[nH]3)c(-c3ccccc3)c2)cc1. The highest BCUT2D eigenvalue weighted by atomic mass is 15.2. The summed E-state index contributed by atoms with van der Waals surface area (Å²) < 4.78 is 2.23. The van der Waals surface area contributed by atoms with Crippen molar-refractivity contribution < 1.29 is 4.57 Å². The summed E-state index contributed by atoms with van der Waals surface area (Å²) in [5.41, 5.74) is 8.74. The molecule has 0 radical (unpaired) electrons. The van der Waals surface area contributed by atoms with Gasteiger partial charge in [-0.1, -0.05) is 108 Å². The van der Waals surface area contributed by atoms with E-state index in [1.807, 2.05) is 30.3 Å². The second-order valence-corrected chi connectivity index (χ2v) is 8.03. The van der Waals surface area contributed by atoms with Crippen molar-refractivity contribution in [3.05, 3.63) is 127 Å². The number of H-pyrrole nitrogens is 1. The quantitative estimate of drug-likeness (QED) is 0.309. The number of nitrogens with zero attached hydrogens (tertiary/aromatic N) is 2. The fourth-order valence-electron chi connectivity index (χ4n) is 4.31. The number of para-hydroxylation sites is 2. The van der Waals surface area contributed by atoms with Gasteiger partial charge >= 0.3 is 5.95 Å².